The van der Waals surface area contributed by atoms with Gasteiger partial charge in [-0.2, -0.15) is 5.10 Å². The van der Waals surface area contributed by atoms with Gasteiger partial charge in [-0.05, 0) is 33.3 Å². The minimum Gasteiger partial charge on any atom is -0.444 e. The Hall–Kier alpha value is -2.83. The molecule has 0 spiro atoms. The summed E-state index contributed by atoms with van der Waals surface area (Å²) in [6, 6.07) is 8.13. The van der Waals surface area contributed by atoms with Crippen LogP contribution in [0.25, 0.3) is 0 Å². The molecular formula is C18H24N4O3. The van der Waals surface area contributed by atoms with E-state index in [-0.39, 0.29) is 5.91 Å². The minimum absolute atomic E-state index is 0.368. The third-order valence-corrected chi connectivity index (χ3v) is 3.28. The van der Waals surface area contributed by atoms with Crippen molar-refractivity contribution in [2.24, 2.45) is 0 Å². The number of amides is 2. The van der Waals surface area contributed by atoms with Crippen LogP contribution in [0.1, 0.15) is 39.3 Å². The largest absolute Gasteiger partial charge is 0.444 e. The molecule has 1 atom stereocenters. The number of aromatic nitrogens is 2. The number of aryl methyl sites for hydroxylation is 1. The number of anilines is 1. The standard InChI is InChI=1S/C18H24N4O3/c1-5-22-12-14(11-19-22)20-16(23)15(13-9-7-6-8-10-13)21-17(24)25-18(2,3)4/h6-12,15H,5H2,1-4H3,(H,20,23)(H,21,24)/t15-/m0/s1. The van der Waals surface area contributed by atoms with Gasteiger partial charge < -0.3 is 15.4 Å². The maximum atomic E-state index is 12.7. The van der Waals surface area contributed by atoms with Gasteiger partial charge in [-0.25, -0.2) is 4.79 Å². The minimum atomic E-state index is -0.874. The fourth-order valence-corrected chi connectivity index (χ4v) is 2.19. The molecule has 1 aromatic carbocycles. The topological polar surface area (TPSA) is 85.2 Å². The quantitative estimate of drug-likeness (QED) is 0.873. The van der Waals surface area contributed by atoms with Crippen molar-refractivity contribution in [1.29, 1.82) is 0 Å². The number of carbonyl (C=O) groups excluding carboxylic acids is 2. The van der Waals surface area contributed by atoms with E-state index in [9.17, 15) is 9.59 Å². The number of benzene rings is 1. The monoisotopic (exact) mass is 344 g/mol. The SMILES string of the molecule is CCn1cc(NC(=O)[C@@H](NC(=O)OC(C)(C)C)c2ccccc2)cn1. The Kier molecular flexibility index (Phi) is 5.80. The van der Waals surface area contributed by atoms with Crippen LogP contribution < -0.4 is 10.6 Å². The van der Waals surface area contributed by atoms with Crippen molar-refractivity contribution in [3.63, 3.8) is 0 Å². The molecule has 0 saturated carbocycles. The molecule has 2 rings (SSSR count). The van der Waals surface area contributed by atoms with Crippen molar-refractivity contribution in [3.05, 3.63) is 48.3 Å². The van der Waals surface area contributed by atoms with Crippen LogP contribution >= 0.6 is 0 Å². The van der Waals surface area contributed by atoms with Crippen LogP contribution in [-0.4, -0.2) is 27.4 Å². The van der Waals surface area contributed by atoms with E-state index in [1.165, 1.54) is 0 Å². The van der Waals surface area contributed by atoms with E-state index >= 15 is 0 Å². The Morgan fingerprint density at radius 2 is 1.92 bits per heavy atom. The molecule has 2 amide bonds. The molecule has 2 N–H and O–H groups in total. The predicted molar refractivity (Wildman–Crippen MR) is 95.1 cm³/mol. The highest BCUT2D eigenvalue weighted by atomic mass is 16.6. The molecule has 0 fully saturated rings. The first-order chi connectivity index (χ1) is 11.8. The molecule has 0 aliphatic heterocycles. The van der Waals surface area contributed by atoms with Crippen molar-refractivity contribution in [2.45, 2.75) is 45.9 Å². The van der Waals surface area contributed by atoms with Gasteiger partial charge >= 0.3 is 6.09 Å². The summed E-state index contributed by atoms with van der Waals surface area (Å²) in [4.78, 5) is 24.8. The summed E-state index contributed by atoms with van der Waals surface area (Å²) in [5.74, 6) is -0.368. The van der Waals surface area contributed by atoms with Crippen LogP contribution in [0.4, 0.5) is 10.5 Å². The maximum Gasteiger partial charge on any atom is 0.408 e. The lowest BCUT2D eigenvalue weighted by atomic mass is 10.1. The molecule has 1 heterocycles. The Balaban J connectivity index is 2.16. The van der Waals surface area contributed by atoms with E-state index in [2.05, 4.69) is 15.7 Å². The average molecular weight is 344 g/mol. The van der Waals surface area contributed by atoms with Gasteiger partial charge in [-0.1, -0.05) is 30.3 Å². The first-order valence-electron chi connectivity index (χ1n) is 8.16. The number of hydrogen-bond acceptors (Lipinski definition) is 4. The second-order valence-electron chi connectivity index (χ2n) is 6.56. The van der Waals surface area contributed by atoms with E-state index < -0.39 is 17.7 Å². The summed E-state index contributed by atoms with van der Waals surface area (Å²) in [5.41, 5.74) is 0.580. The van der Waals surface area contributed by atoms with E-state index in [1.807, 2.05) is 25.1 Å². The summed E-state index contributed by atoms with van der Waals surface area (Å²) < 4.78 is 6.97. The van der Waals surface area contributed by atoms with Crippen LogP contribution in [0, 0.1) is 0 Å². The Morgan fingerprint density at radius 1 is 1.24 bits per heavy atom. The zero-order valence-corrected chi connectivity index (χ0v) is 14.9. The maximum absolute atomic E-state index is 12.7. The molecule has 0 saturated heterocycles. The van der Waals surface area contributed by atoms with Crippen molar-refractivity contribution in [1.82, 2.24) is 15.1 Å². The second kappa shape index (κ2) is 7.83. The Bertz CT molecular complexity index is 719. The Morgan fingerprint density at radius 3 is 2.48 bits per heavy atom. The lowest BCUT2D eigenvalue weighted by Crippen LogP contribution is -2.40. The molecule has 25 heavy (non-hydrogen) atoms. The normalized spacial score (nSPS) is 12.3. The van der Waals surface area contributed by atoms with Crippen LogP contribution in [0.5, 0.6) is 0 Å². The molecule has 7 nitrogen and oxygen atoms in total. The van der Waals surface area contributed by atoms with Gasteiger partial charge in [0.1, 0.15) is 11.6 Å². The molecule has 0 bridgehead atoms. The van der Waals surface area contributed by atoms with Crippen LogP contribution in [-0.2, 0) is 16.1 Å². The molecule has 1 aromatic heterocycles. The summed E-state index contributed by atoms with van der Waals surface area (Å²) in [5, 5.41) is 9.52. The van der Waals surface area contributed by atoms with Crippen LogP contribution in [0.2, 0.25) is 0 Å². The zero-order chi connectivity index (χ0) is 18.4. The fraction of sp³-hybridized carbons (Fsp3) is 0.389. The molecule has 134 valence electrons. The number of ether oxygens (including phenoxy) is 1. The van der Waals surface area contributed by atoms with Gasteiger partial charge in [-0.3, -0.25) is 9.48 Å². The number of alkyl carbamates (subject to hydrolysis) is 1. The number of carbonyl (C=O) groups is 2. The fourth-order valence-electron chi connectivity index (χ4n) is 2.19. The summed E-state index contributed by atoms with van der Waals surface area (Å²) in [6.45, 7) is 7.96. The van der Waals surface area contributed by atoms with Crippen molar-refractivity contribution < 1.29 is 14.3 Å². The van der Waals surface area contributed by atoms with Crippen molar-refractivity contribution >= 4 is 17.7 Å². The molecule has 2 aromatic rings. The summed E-state index contributed by atoms with van der Waals surface area (Å²) in [6.07, 6.45) is 2.64. The van der Waals surface area contributed by atoms with Gasteiger partial charge in [0.15, 0.2) is 0 Å². The van der Waals surface area contributed by atoms with Gasteiger partial charge in [0.05, 0.1) is 11.9 Å². The predicted octanol–water partition coefficient (Wildman–Crippen LogP) is 3.11. The molecule has 7 heteroatoms. The van der Waals surface area contributed by atoms with Gasteiger partial charge in [0.2, 0.25) is 0 Å². The summed E-state index contributed by atoms with van der Waals surface area (Å²) >= 11 is 0. The Labute approximate surface area is 147 Å². The van der Waals surface area contributed by atoms with Gasteiger partial charge in [0.25, 0.3) is 5.91 Å². The van der Waals surface area contributed by atoms with E-state index in [1.54, 1.807) is 50.0 Å². The average Bonchev–Trinajstić information content (AvgIpc) is 2.99. The number of nitrogens with zero attached hydrogens (tertiary/aromatic N) is 2. The van der Waals surface area contributed by atoms with Gasteiger partial charge in [-0.15, -0.1) is 0 Å². The number of hydrogen-bond donors (Lipinski definition) is 2. The highest BCUT2D eigenvalue weighted by Crippen LogP contribution is 2.17. The number of rotatable bonds is 5. The molecule has 0 aliphatic carbocycles. The lowest BCUT2D eigenvalue weighted by molar-refractivity contribution is -0.118. The molecule has 0 aliphatic rings. The zero-order valence-electron chi connectivity index (χ0n) is 14.9. The third-order valence-electron chi connectivity index (χ3n) is 3.28. The highest BCUT2D eigenvalue weighted by molar-refractivity contribution is 5.97. The first-order valence-corrected chi connectivity index (χ1v) is 8.16. The van der Waals surface area contributed by atoms with Crippen molar-refractivity contribution in [2.75, 3.05) is 5.32 Å². The third kappa shape index (κ3) is 5.63. The van der Waals surface area contributed by atoms with Crippen molar-refractivity contribution in [3.8, 4) is 0 Å². The van der Waals surface area contributed by atoms with Gasteiger partial charge in [0, 0.05) is 12.7 Å². The van der Waals surface area contributed by atoms with E-state index in [0.29, 0.717) is 17.8 Å². The van der Waals surface area contributed by atoms with E-state index in [0.717, 1.165) is 0 Å². The highest BCUT2D eigenvalue weighted by Gasteiger charge is 2.26. The van der Waals surface area contributed by atoms with Crippen LogP contribution in [0.15, 0.2) is 42.7 Å². The number of nitrogens with one attached hydrogen (secondary N) is 2. The first kappa shape index (κ1) is 18.5. The molecule has 0 unspecified atom stereocenters. The molecular weight excluding hydrogens is 320 g/mol. The van der Waals surface area contributed by atoms with Crippen LogP contribution in [0.3, 0.4) is 0 Å². The lowest BCUT2D eigenvalue weighted by Gasteiger charge is -2.23. The molecule has 0 radical (unpaired) electrons. The summed E-state index contributed by atoms with van der Waals surface area (Å²) in [7, 11) is 0. The second-order valence-corrected chi connectivity index (χ2v) is 6.56. The smallest absolute Gasteiger partial charge is 0.408 e. The van der Waals surface area contributed by atoms with E-state index in [4.69, 9.17) is 4.74 Å².